The third-order valence-corrected chi connectivity index (χ3v) is 5.01. The Labute approximate surface area is 146 Å². The van der Waals surface area contributed by atoms with Crippen molar-refractivity contribution in [3.8, 4) is 0 Å². The molecule has 2 unspecified atom stereocenters. The summed E-state index contributed by atoms with van der Waals surface area (Å²) in [7, 11) is 0. The molecule has 1 N–H and O–H groups in total. The highest BCUT2D eigenvalue weighted by Crippen LogP contribution is 2.34. The molecule has 0 spiro atoms. The predicted molar refractivity (Wildman–Crippen MR) is 99.7 cm³/mol. The van der Waals surface area contributed by atoms with Gasteiger partial charge in [-0.1, -0.05) is 37.1 Å². The number of allylic oxidation sites excluding steroid dienone is 1. The molecule has 3 rings (SSSR count). The molecule has 2 aliphatic rings. The maximum atomic E-state index is 5.98. The number of hydrogen-bond donors (Lipinski definition) is 1. The van der Waals surface area contributed by atoms with Crippen molar-refractivity contribution >= 4 is 0 Å². The van der Waals surface area contributed by atoms with E-state index in [1.807, 2.05) is 0 Å². The molecule has 0 aromatic heterocycles. The highest BCUT2D eigenvalue weighted by atomic mass is 16.5. The Hall–Kier alpha value is -1.74. The number of fused-ring (bicyclic) bond motifs is 1. The molecule has 0 bridgehead atoms. The molecule has 0 amide bonds. The summed E-state index contributed by atoms with van der Waals surface area (Å²) >= 11 is 0. The SMILES string of the molecule is CCCCNCC1=CC2OC(C)=CC2N1Cc1cc(C)ccc1C. The van der Waals surface area contributed by atoms with E-state index in [0.717, 1.165) is 25.4 Å². The zero-order valence-corrected chi connectivity index (χ0v) is 15.4. The Morgan fingerprint density at radius 1 is 1.17 bits per heavy atom. The van der Waals surface area contributed by atoms with Gasteiger partial charge in [-0.25, -0.2) is 0 Å². The number of rotatable bonds is 7. The van der Waals surface area contributed by atoms with Gasteiger partial charge in [-0.2, -0.15) is 0 Å². The summed E-state index contributed by atoms with van der Waals surface area (Å²) in [5, 5.41) is 3.58. The van der Waals surface area contributed by atoms with Gasteiger partial charge in [0.15, 0.2) is 0 Å². The predicted octanol–water partition coefficient (Wildman–Crippen LogP) is 4.06. The van der Waals surface area contributed by atoms with Crippen LogP contribution in [-0.2, 0) is 11.3 Å². The van der Waals surface area contributed by atoms with Gasteiger partial charge in [0.05, 0.1) is 11.8 Å². The van der Waals surface area contributed by atoms with Gasteiger partial charge in [-0.05, 0) is 57.0 Å². The second kappa shape index (κ2) is 7.43. The molecule has 0 fully saturated rings. The van der Waals surface area contributed by atoms with Crippen LogP contribution >= 0.6 is 0 Å². The molecule has 24 heavy (non-hydrogen) atoms. The number of nitrogens with one attached hydrogen (secondary N) is 1. The van der Waals surface area contributed by atoms with Gasteiger partial charge in [0.1, 0.15) is 6.10 Å². The fourth-order valence-corrected chi connectivity index (χ4v) is 3.58. The van der Waals surface area contributed by atoms with E-state index in [-0.39, 0.29) is 6.10 Å². The van der Waals surface area contributed by atoms with Crippen molar-refractivity contribution in [3.05, 3.63) is 58.5 Å². The fraction of sp³-hybridized carbons (Fsp3) is 0.524. The molecule has 3 heteroatoms. The number of benzene rings is 1. The summed E-state index contributed by atoms with van der Waals surface area (Å²) in [6.07, 6.45) is 7.21. The van der Waals surface area contributed by atoms with E-state index < -0.39 is 0 Å². The average Bonchev–Trinajstić information content (AvgIpc) is 3.05. The molecule has 0 radical (unpaired) electrons. The van der Waals surface area contributed by atoms with Gasteiger partial charge >= 0.3 is 0 Å². The van der Waals surface area contributed by atoms with E-state index in [1.165, 1.54) is 35.2 Å². The smallest absolute Gasteiger partial charge is 0.142 e. The van der Waals surface area contributed by atoms with E-state index in [0.29, 0.717) is 6.04 Å². The van der Waals surface area contributed by atoms with Crippen LogP contribution in [0.5, 0.6) is 0 Å². The summed E-state index contributed by atoms with van der Waals surface area (Å²) in [5.41, 5.74) is 5.47. The van der Waals surface area contributed by atoms with Crippen LogP contribution in [0.3, 0.4) is 0 Å². The van der Waals surface area contributed by atoms with Gasteiger partial charge in [0.25, 0.3) is 0 Å². The molecule has 1 aromatic rings. The molecule has 2 aliphatic heterocycles. The summed E-state index contributed by atoms with van der Waals surface area (Å²) < 4.78 is 5.98. The third kappa shape index (κ3) is 3.67. The van der Waals surface area contributed by atoms with E-state index >= 15 is 0 Å². The molecule has 0 saturated heterocycles. The molecule has 0 saturated carbocycles. The van der Waals surface area contributed by atoms with Crippen LogP contribution in [0, 0.1) is 13.8 Å². The third-order valence-electron chi connectivity index (χ3n) is 5.01. The van der Waals surface area contributed by atoms with Crippen molar-refractivity contribution in [2.75, 3.05) is 13.1 Å². The lowest BCUT2D eigenvalue weighted by Gasteiger charge is -2.29. The lowest BCUT2D eigenvalue weighted by atomic mass is 10.0. The molecule has 2 heterocycles. The van der Waals surface area contributed by atoms with Crippen LogP contribution in [0.4, 0.5) is 0 Å². The van der Waals surface area contributed by atoms with Gasteiger partial charge in [0.2, 0.25) is 0 Å². The summed E-state index contributed by atoms with van der Waals surface area (Å²) in [6.45, 7) is 11.6. The minimum absolute atomic E-state index is 0.179. The van der Waals surface area contributed by atoms with Crippen LogP contribution in [0.1, 0.15) is 43.4 Å². The van der Waals surface area contributed by atoms with Crippen molar-refractivity contribution in [1.82, 2.24) is 10.2 Å². The summed E-state index contributed by atoms with van der Waals surface area (Å²) in [4.78, 5) is 2.52. The normalized spacial score (nSPS) is 22.2. The molecule has 2 atom stereocenters. The molecule has 0 aliphatic carbocycles. The van der Waals surface area contributed by atoms with Crippen molar-refractivity contribution in [1.29, 1.82) is 0 Å². The summed E-state index contributed by atoms with van der Waals surface area (Å²) in [5.74, 6) is 1.05. The van der Waals surface area contributed by atoms with Crippen molar-refractivity contribution in [3.63, 3.8) is 0 Å². The average molecular weight is 326 g/mol. The largest absolute Gasteiger partial charge is 0.489 e. The number of aryl methyl sites for hydroxylation is 2. The first-order valence-electron chi connectivity index (χ1n) is 9.17. The fourth-order valence-electron chi connectivity index (χ4n) is 3.58. The molecule has 130 valence electrons. The number of hydrogen-bond acceptors (Lipinski definition) is 3. The van der Waals surface area contributed by atoms with Crippen LogP contribution in [0.25, 0.3) is 0 Å². The van der Waals surface area contributed by atoms with E-state index in [1.54, 1.807) is 0 Å². The van der Waals surface area contributed by atoms with E-state index in [2.05, 4.69) is 68.3 Å². The topological polar surface area (TPSA) is 24.5 Å². The molecular formula is C21H30N2O. The first-order chi connectivity index (χ1) is 11.6. The monoisotopic (exact) mass is 326 g/mol. The maximum Gasteiger partial charge on any atom is 0.142 e. The lowest BCUT2D eigenvalue weighted by molar-refractivity contribution is 0.141. The van der Waals surface area contributed by atoms with Gasteiger partial charge < -0.3 is 15.0 Å². The van der Waals surface area contributed by atoms with Gasteiger partial charge in [0, 0.05) is 18.8 Å². The molecular weight excluding hydrogens is 296 g/mol. The van der Waals surface area contributed by atoms with Gasteiger partial charge in [-0.15, -0.1) is 0 Å². The second-order valence-electron chi connectivity index (χ2n) is 7.10. The molecule has 1 aromatic carbocycles. The van der Waals surface area contributed by atoms with Gasteiger partial charge in [-0.3, -0.25) is 0 Å². The standard InChI is InChI=1S/C21H30N2O/c1-5-6-9-22-13-19-12-21-20(11-17(4)24-21)23(19)14-18-10-15(2)7-8-16(18)3/h7-8,10-12,20-22H,5-6,9,13-14H2,1-4H3. The minimum atomic E-state index is 0.179. The zero-order valence-electron chi connectivity index (χ0n) is 15.4. The van der Waals surface area contributed by atoms with E-state index in [9.17, 15) is 0 Å². The highest BCUT2D eigenvalue weighted by molar-refractivity contribution is 5.34. The van der Waals surface area contributed by atoms with Crippen LogP contribution in [0.2, 0.25) is 0 Å². The first-order valence-corrected chi connectivity index (χ1v) is 9.17. The number of nitrogens with zero attached hydrogens (tertiary/aromatic N) is 1. The molecule has 3 nitrogen and oxygen atoms in total. The Balaban J connectivity index is 1.75. The van der Waals surface area contributed by atoms with E-state index in [4.69, 9.17) is 4.74 Å². The minimum Gasteiger partial charge on any atom is -0.489 e. The first kappa shape index (κ1) is 17.1. The van der Waals surface area contributed by atoms with Crippen molar-refractivity contribution < 1.29 is 4.74 Å². The quantitative estimate of drug-likeness (QED) is 0.765. The van der Waals surface area contributed by atoms with Crippen molar-refractivity contribution in [2.45, 2.75) is 59.2 Å². The Kier molecular flexibility index (Phi) is 5.30. The number of unbranched alkanes of at least 4 members (excludes halogenated alkanes) is 1. The zero-order chi connectivity index (χ0) is 17.1. The van der Waals surface area contributed by atoms with Crippen LogP contribution in [-0.4, -0.2) is 30.1 Å². The Morgan fingerprint density at radius 2 is 2.00 bits per heavy atom. The van der Waals surface area contributed by atoms with Crippen LogP contribution < -0.4 is 5.32 Å². The summed E-state index contributed by atoms with van der Waals surface area (Å²) in [6, 6.07) is 7.08. The second-order valence-corrected chi connectivity index (χ2v) is 7.10. The lowest BCUT2D eigenvalue weighted by Crippen LogP contribution is -2.35. The number of ether oxygens (including phenoxy) is 1. The maximum absolute atomic E-state index is 5.98. The van der Waals surface area contributed by atoms with Crippen LogP contribution in [0.15, 0.2) is 41.8 Å². The Bertz CT molecular complexity index is 647. The Morgan fingerprint density at radius 3 is 2.79 bits per heavy atom. The highest BCUT2D eigenvalue weighted by Gasteiger charge is 2.38. The van der Waals surface area contributed by atoms with Crippen molar-refractivity contribution in [2.24, 2.45) is 0 Å².